The maximum Gasteiger partial charge on any atom is 0.338 e. The molecule has 138 valence electrons. The van der Waals surface area contributed by atoms with Crippen LogP contribution in [0.1, 0.15) is 22.8 Å². The first-order valence-corrected chi connectivity index (χ1v) is 8.49. The standard InChI is InChI=1S/C20H22O6/c1-13-16(21)17(22)18(26-19(23)15-10-6-3-7-11-15)20(25-13)24-12-14-8-4-2-5-9-14/h2-11,13,16-18,20-22H,12H2,1H3/t13-,16-,17+,18+,20+/m0/s1. The molecule has 0 amide bonds. The average molecular weight is 358 g/mol. The first-order chi connectivity index (χ1) is 12.6. The summed E-state index contributed by atoms with van der Waals surface area (Å²) in [4.78, 5) is 12.3. The summed E-state index contributed by atoms with van der Waals surface area (Å²) in [6.07, 6.45) is -5.28. The van der Waals surface area contributed by atoms with Crippen molar-refractivity contribution < 1.29 is 29.2 Å². The predicted octanol–water partition coefficient (Wildman–Crippen LogP) is 1.90. The van der Waals surface area contributed by atoms with Gasteiger partial charge in [-0.2, -0.15) is 0 Å². The van der Waals surface area contributed by atoms with Crippen molar-refractivity contribution in [1.29, 1.82) is 0 Å². The van der Waals surface area contributed by atoms with Crippen molar-refractivity contribution in [3.8, 4) is 0 Å². The van der Waals surface area contributed by atoms with Gasteiger partial charge in [-0.3, -0.25) is 0 Å². The molecule has 2 aromatic carbocycles. The minimum atomic E-state index is -1.31. The SMILES string of the molecule is C[C@@H]1O[C@@H](OCc2ccccc2)[C@H](OC(=O)c2ccccc2)[C@H](O)[C@H]1O. The number of rotatable bonds is 5. The monoisotopic (exact) mass is 358 g/mol. The second kappa shape index (κ2) is 8.42. The highest BCUT2D eigenvalue weighted by Crippen LogP contribution is 2.26. The van der Waals surface area contributed by atoms with Gasteiger partial charge in [-0.15, -0.1) is 0 Å². The van der Waals surface area contributed by atoms with Crippen molar-refractivity contribution in [3.05, 3.63) is 71.8 Å². The Morgan fingerprint density at radius 3 is 2.27 bits per heavy atom. The molecule has 6 heteroatoms. The molecular weight excluding hydrogens is 336 g/mol. The Morgan fingerprint density at radius 2 is 1.62 bits per heavy atom. The van der Waals surface area contributed by atoms with E-state index in [0.29, 0.717) is 5.56 Å². The van der Waals surface area contributed by atoms with Gasteiger partial charge >= 0.3 is 5.97 Å². The van der Waals surface area contributed by atoms with Gasteiger partial charge in [-0.25, -0.2) is 4.79 Å². The van der Waals surface area contributed by atoms with E-state index in [1.807, 2.05) is 30.3 Å². The van der Waals surface area contributed by atoms with Crippen LogP contribution in [0.15, 0.2) is 60.7 Å². The zero-order chi connectivity index (χ0) is 18.5. The number of hydrogen-bond acceptors (Lipinski definition) is 6. The highest BCUT2D eigenvalue weighted by atomic mass is 16.7. The topological polar surface area (TPSA) is 85.2 Å². The zero-order valence-corrected chi connectivity index (χ0v) is 14.4. The van der Waals surface area contributed by atoms with Crippen LogP contribution in [-0.2, 0) is 20.8 Å². The van der Waals surface area contributed by atoms with Gasteiger partial charge in [0.1, 0.15) is 12.2 Å². The lowest BCUT2D eigenvalue weighted by Crippen LogP contribution is -2.58. The van der Waals surface area contributed by atoms with Gasteiger partial charge in [0.2, 0.25) is 0 Å². The van der Waals surface area contributed by atoms with E-state index in [4.69, 9.17) is 14.2 Å². The molecule has 26 heavy (non-hydrogen) atoms. The van der Waals surface area contributed by atoms with Gasteiger partial charge < -0.3 is 24.4 Å². The van der Waals surface area contributed by atoms with Crippen molar-refractivity contribution in [1.82, 2.24) is 0 Å². The molecule has 0 spiro atoms. The Labute approximate surface area is 151 Å². The van der Waals surface area contributed by atoms with Crippen molar-refractivity contribution >= 4 is 5.97 Å². The Hall–Kier alpha value is -2.25. The third-order valence-electron chi connectivity index (χ3n) is 4.29. The van der Waals surface area contributed by atoms with Crippen LogP contribution >= 0.6 is 0 Å². The number of esters is 1. The van der Waals surface area contributed by atoms with Gasteiger partial charge in [-0.05, 0) is 24.6 Å². The number of benzene rings is 2. The molecule has 0 unspecified atom stereocenters. The lowest BCUT2D eigenvalue weighted by atomic mass is 9.99. The fraction of sp³-hybridized carbons (Fsp3) is 0.350. The Kier molecular flexibility index (Phi) is 6.00. The molecule has 1 fully saturated rings. The van der Waals surface area contributed by atoms with Gasteiger partial charge in [0, 0.05) is 0 Å². The molecule has 0 radical (unpaired) electrons. The van der Waals surface area contributed by atoms with E-state index in [9.17, 15) is 15.0 Å². The Bertz CT molecular complexity index is 705. The van der Waals surface area contributed by atoms with Crippen LogP contribution in [-0.4, -0.2) is 46.9 Å². The van der Waals surface area contributed by atoms with Crippen LogP contribution in [0.3, 0.4) is 0 Å². The molecule has 1 heterocycles. The number of aliphatic hydroxyl groups is 2. The lowest BCUT2D eigenvalue weighted by Gasteiger charge is -2.40. The summed E-state index contributed by atoms with van der Waals surface area (Å²) < 4.78 is 16.8. The minimum Gasteiger partial charge on any atom is -0.450 e. The Balaban J connectivity index is 1.72. The van der Waals surface area contributed by atoms with Crippen molar-refractivity contribution in [2.24, 2.45) is 0 Å². The van der Waals surface area contributed by atoms with E-state index in [1.165, 1.54) is 0 Å². The maximum absolute atomic E-state index is 12.3. The van der Waals surface area contributed by atoms with Gasteiger partial charge in [0.05, 0.1) is 18.3 Å². The maximum atomic E-state index is 12.3. The molecular formula is C20H22O6. The summed E-state index contributed by atoms with van der Waals surface area (Å²) in [5, 5.41) is 20.5. The largest absolute Gasteiger partial charge is 0.450 e. The fourth-order valence-electron chi connectivity index (χ4n) is 2.78. The average Bonchev–Trinajstić information content (AvgIpc) is 2.68. The summed E-state index contributed by atoms with van der Waals surface area (Å²) >= 11 is 0. The summed E-state index contributed by atoms with van der Waals surface area (Å²) in [6, 6.07) is 17.9. The molecule has 0 bridgehead atoms. The fourth-order valence-corrected chi connectivity index (χ4v) is 2.78. The number of carbonyl (C=O) groups excluding carboxylic acids is 1. The molecule has 0 aliphatic carbocycles. The van der Waals surface area contributed by atoms with Crippen LogP contribution in [0.2, 0.25) is 0 Å². The smallest absolute Gasteiger partial charge is 0.338 e. The number of hydrogen-bond donors (Lipinski definition) is 2. The van der Waals surface area contributed by atoms with Crippen LogP contribution in [0.4, 0.5) is 0 Å². The van der Waals surface area contributed by atoms with Crippen LogP contribution < -0.4 is 0 Å². The summed E-state index contributed by atoms with van der Waals surface area (Å²) in [5.41, 5.74) is 1.26. The summed E-state index contributed by atoms with van der Waals surface area (Å²) in [7, 11) is 0. The predicted molar refractivity (Wildman–Crippen MR) is 93.2 cm³/mol. The summed E-state index contributed by atoms with van der Waals surface area (Å²) in [6.45, 7) is 1.85. The molecule has 1 saturated heterocycles. The number of aliphatic hydroxyl groups excluding tert-OH is 2. The second-order valence-electron chi connectivity index (χ2n) is 6.22. The van der Waals surface area contributed by atoms with Gasteiger partial charge in [0.25, 0.3) is 0 Å². The Morgan fingerprint density at radius 1 is 1.00 bits per heavy atom. The highest BCUT2D eigenvalue weighted by Gasteiger charge is 2.45. The van der Waals surface area contributed by atoms with Crippen molar-refractivity contribution in [3.63, 3.8) is 0 Å². The van der Waals surface area contributed by atoms with Gasteiger partial charge in [-0.1, -0.05) is 48.5 Å². The molecule has 2 N–H and O–H groups in total. The van der Waals surface area contributed by atoms with Crippen molar-refractivity contribution in [2.75, 3.05) is 0 Å². The van der Waals surface area contributed by atoms with E-state index >= 15 is 0 Å². The third-order valence-corrected chi connectivity index (χ3v) is 4.29. The van der Waals surface area contributed by atoms with Crippen molar-refractivity contribution in [2.45, 2.75) is 44.2 Å². The minimum absolute atomic E-state index is 0.223. The molecule has 0 saturated carbocycles. The zero-order valence-electron chi connectivity index (χ0n) is 14.4. The van der Waals surface area contributed by atoms with E-state index < -0.39 is 36.7 Å². The first-order valence-electron chi connectivity index (χ1n) is 8.49. The molecule has 3 rings (SSSR count). The normalized spacial score (nSPS) is 28.5. The van der Waals surface area contributed by atoms with Gasteiger partial charge in [0.15, 0.2) is 12.4 Å². The highest BCUT2D eigenvalue weighted by molar-refractivity contribution is 5.89. The van der Waals surface area contributed by atoms with Crippen LogP contribution in [0.5, 0.6) is 0 Å². The van der Waals surface area contributed by atoms with E-state index in [2.05, 4.69) is 0 Å². The number of carbonyl (C=O) groups is 1. The molecule has 1 aliphatic rings. The molecule has 2 aromatic rings. The van der Waals surface area contributed by atoms with Crippen LogP contribution in [0.25, 0.3) is 0 Å². The lowest BCUT2D eigenvalue weighted by molar-refractivity contribution is -0.295. The molecule has 0 aromatic heterocycles. The van der Waals surface area contributed by atoms with E-state index in [1.54, 1.807) is 37.3 Å². The summed E-state index contributed by atoms with van der Waals surface area (Å²) in [5.74, 6) is -0.617. The number of ether oxygens (including phenoxy) is 3. The van der Waals surface area contributed by atoms with E-state index in [-0.39, 0.29) is 6.61 Å². The third kappa shape index (κ3) is 4.28. The molecule has 5 atom stereocenters. The van der Waals surface area contributed by atoms with Crippen LogP contribution in [0, 0.1) is 0 Å². The second-order valence-corrected chi connectivity index (χ2v) is 6.22. The quantitative estimate of drug-likeness (QED) is 0.794. The molecule has 1 aliphatic heterocycles. The first kappa shape index (κ1) is 18.5. The van der Waals surface area contributed by atoms with E-state index in [0.717, 1.165) is 5.56 Å². The molecule has 6 nitrogen and oxygen atoms in total.